The maximum Gasteiger partial charge on any atom is 0.342 e. The molecular formula is C16H9F3N2O4S. The van der Waals surface area contributed by atoms with Gasteiger partial charge in [-0.15, -0.1) is 0 Å². The number of amides is 1. The van der Waals surface area contributed by atoms with Crippen molar-refractivity contribution in [1.82, 2.24) is 4.98 Å². The summed E-state index contributed by atoms with van der Waals surface area (Å²) in [5, 5.41) is 11.6. The van der Waals surface area contributed by atoms with Gasteiger partial charge in [0.2, 0.25) is 0 Å². The van der Waals surface area contributed by atoms with E-state index in [-0.39, 0.29) is 21.1 Å². The van der Waals surface area contributed by atoms with Crippen LogP contribution < -0.4 is 5.32 Å². The van der Waals surface area contributed by atoms with Crippen LogP contribution in [0.15, 0.2) is 30.3 Å². The summed E-state index contributed by atoms with van der Waals surface area (Å²) in [7, 11) is 0. The van der Waals surface area contributed by atoms with E-state index < -0.39 is 41.5 Å². The lowest BCUT2D eigenvalue weighted by Gasteiger charge is -2.05. The van der Waals surface area contributed by atoms with Gasteiger partial charge < -0.3 is 9.84 Å². The number of benzene rings is 2. The second-order valence-corrected chi connectivity index (χ2v) is 6.02. The number of fused-ring (bicyclic) bond motifs is 1. The van der Waals surface area contributed by atoms with Crippen molar-refractivity contribution < 1.29 is 32.6 Å². The van der Waals surface area contributed by atoms with Crippen molar-refractivity contribution in [2.45, 2.75) is 0 Å². The molecule has 0 fully saturated rings. The van der Waals surface area contributed by atoms with Crippen molar-refractivity contribution in [3.63, 3.8) is 0 Å². The molecule has 0 spiro atoms. The summed E-state index contributed by atoms with van der Waals surface area (Å²) in [6.07, 6.45) is 0. The molecule has 0 saturated heterocycles. The minimum absolute atomic E-state index is 0.00269. The van der Waals surface area contributed by atoms with E-state index in [4.69, 9.17) is 4.74 Å². The molecule has 1 aromatic heterocycles. The first-order chi connectivity index (χ1) is 12.4. The van der Waals surface area contributed by atoms with Gasteiger partial charge >= 0.3 is 5.97 Å². The molecule has 26 heavy (non-hydrogen) atoms. The number of aromatic nitrogens is 1. The molecule has 3 rings (SSSR count). The lowest BCUT2D eigenvalue weighted by Crippen LogP contribution is -2.20. The van der Waals surface area contributed by atoms with Crippen LogP contribution in [0.1, 0.15) is 10.4 Å². The van der Waals surface area contributed by atoms with E-state index in [0.717, 1.165) is 17.4 Å². The zero-order chi connectivity index (χ0) is 18.8. The van der Waals surface area contributed by atoms with Gasteiger partial charge in [-0.2, -0.15) is 0 Å². The molecule has 0 unspecified atom stereocenters. The van der Waals surface area contributed by atoms with Gasteiger partial charge in [0.1, 0.15) is 16.8 Å². The van der Waals surface area contributed by atoms with Gasteiger partial charge in [-0.05, 0) is 18.2 Å². The van der Waals surface area contributed by atoms with Crippen molar-refractivity contribution in [2.24, 2.45) is 0 Å². The highest BCUT2D eigenvalue weighted by atomic mass is 32.1. The molecule has 0 atom stereocenters. The predicted octanol–water partition coefficient (Wildman–Crippen LogP) is 3.21. The number of thiazole rings is 1. The number of phenols is 1. The fraction of sp³-hybridized carbons (Fsp3) is 0.0625. The molecule has 0 aliphatic rings. The number of ether oxygens (including phenoxy) is 1. The van der Waals surface area contributed by atoms with Gasteiger partial charge in [-0.25, -0.2) is 22.9 Å². The van der Waals surface area contributed by atoms with Crippen LogP contribution in [-0.2, 0) is 9.53 Å². The van der Waals surface area contributed by atoms with Crippen LogP contribution in [0.5, 0.6) is 5.75 Å². The number of phenolic OH excluding ortho intramolecular Hbond substituents is 1. The van der Waals surface area contributed by atoms with Crippen molar-refractivity contribution in [3.8, 4) is 5.75 Å². The third-order valence-electron chi connectivity index (χ3n) is 3.23. The highest BCUT2D eigenvalue weighted by molar-refractivity contribution is 7.22. The topological polar surface area (TPSA) is 88.5 Å². The van der Waals surface area contributed by atoms with Gasteiger partial charge in [0, 0.05) is 0 Å². The summed E-state index contributed by atoms with van der Waals surface area (Å²) in [5.74, 6) is -6.50. The first-order valence-electron chi connectivity index (χ1n) is 7.06. The first-order valence-corrected chi connectivity index (χ1v) is 7.87. The molecule has 0 aliphatic carbocycles. The monoisotopic (exact) mass is 382 g/mol. The van der Waals surface area contributed by atoms with Crippen molar-refractivity contribution in [2.75, 3.05) is 11.9 Å². The molecule has 0 bridgehead atoms. The van der Waals surface area contributed by atoms with E-state index in [9.17, 15) is 27.9 Å². The summed E-state index contributed by atoms with van der Waals surface area (Å²) in [5.41, 5.74) is -0.538. The SMILES string of the molecule is O=C(COC(=O)c1ccccc1O)Nc1nc2c(F)c(F)c(F)cc2s1. The zero-order valence-electron chi connectivity index (χ0n) is 12.8. The second-order valence-electron chi connectivity index (χ2n) is 4.99. The Morgan fingerprint density at radius 2 is 1.92 bits per heavy atom. The lowest BCUT2D eigenvalue weighted by molar-refractivity contribution is -0.119. The van der Waals surface area contributed by atoms with Gasteiger partial charge in [0.15, 0.2) is 29.2 Å². The van der Waals surface area contributed by atoms with E-state index >= 15 is 0 Å². The molecule has 2 aromatic carbocycles. The molecule has 1 amide bonds. The number of nitrogens with one attached hydrogen (secondary N) is 1. The molecule has 10 heteroatoms. The Balaban J connectivity index is 1.67. The van der Waals surface area contributed by atoms with Crippen LogP contribution in [0.3, 0.4) is 0 Å². The smallest absolute Gasteiger partial charge is 0.342 e. The first kappa shape index (κ1) is 17.7. The van der Waals surface area contributed by atoms with Crippen LogP contribution in [0, 0.1) is 17.5 Å². The largest absolute Gasteiger partial charge is 0.507 e. The molecule has 6 nitrogen and oxygen atoms in total. The van der Waals surface area contributed by atoms with Gasteiger partial charge in [-0.1, -0.05) is 23.5 Å². The minimum Gasteiger partial charge on any atom is -0.507 e. The van der Waals surface area contributed by atoms with Crippen LogP contribution >= 0.6 is 11.3 Å². The van der Waals surface area contributed by atoms with Crippen LogP contribution in [-0.4, -0.2) is 28.6 Å². The highest BCUT2D eigenvalue weighted by Gasteiger charge is 2.19. The summed E-state index contributed by atoms with van der Waals surface area (Å²) < 4.78 is 44.7. The molecule has 1 heterocycles. The van der Waals surface area contributed by atoms with Gasteiger partial charge in [0.05, 0.1) is 4.70 Å². The number of carbonyl (C=O) groups is 2. The Bertz CT molecular complexity index is 1020. The molecule has 3 aromatic rings. The number of esters is 1. The number of nitrogens with zero attached hydrogens (tertiary/aromatic N) is 1. The molecule has 0 saturated carbocycles. The van der Waals surface area contributed by atoms with Crippen LogP contribution in [0.4, 0.5) is 18.3 Å². The van der Waals surface area contributed by atoms with E-state index in [2.05, 4.69) is 10.3 Å². The number of anilines is 1. The number of para-hydroxylation sites is 1. The Hall–Kier alpha value is -3.14. The van der Waals surface area contributed by atoms with Crippen molar-refractivity contribution in [1.29, 1.82) is 0 Å². The van der Waals surface area contributed by atoms with Crippen molar-refractivity contribution >= 4 is 38.6 Å². The molecule has 0 radical (unpaired) electrons. The number of hydrogen-bond donors (Lipinski definition) is 2. The summed E-state index contributed by atoms with van der Waals surface area (Å²) >= 11 is 0.726. The number of halogens is 3. The number of hydrogen-bond acceptors (Lipinski definition) is 6. The van der Waals surface area contributed by atoms with E-state index in [1.165, 1.54) is 24.3 Å². The maximum atomic E-state index is 13.6. The molecular weight excluding hydrogens is 373 g/mol. The highest BCUT2D eigenvalue weighted by Crippen LogP contribution is 2.30. The minimum atomic E-state index is -1.66. The van der Waals surface area contributed by atoms with Crippen molar-refractivity contribution in [3.05, 3.63) is 53.3 Å². The Morgan fingerprint density at radius 3 is 2.65 bits per heavy atom. The maximum absolute atomic E-state index is 13.6. The van der Waals surface area contributed by atoms with Gasteiger partial charge in [0.25, 0.3) is 5.91 Å². The molecule has 0 aliphatic heterocycles. The number of carbonyl (C=O) groups excluding carboxylic acids is 2. The average molecular weight is 382 g/mol. The fourth-order valence-electron chi connectivity index (χ4n) is 2.04. The summed E-state index contributed by atoms with van der Waals surface area (Å²) in [6.45, 7) is -0.700. The normalized spacial score (nSPS) is 10.7. The van der Waals surface area contributed by atoms with E-state index in [1.807, 2.05) is 0 Å². The number of rotatable bonds is 4. The van der Waals surface area contributed by atoms with Crippen LogP contribution in [0.25, 0.3) is 10.2 Å². The summed E-state index contributed by atoms with van der Waals surface area (Å²) in [6, 6.07) is 6.37. The quantitative estimate of drug-likeness (QED) is 0.534. The summed E-state index contributed by atoms with van der Waals surface area (Å²) in [4.78, 5) is 27.3. The predicted molar refractivity (Wildman–Crippen MR) is 86.5 cm³/mol. The Kier molecular flexibility index (Phi) is 4.76. The second kappa shape index (κ2) is 7.00. The Labute approximate surface area is 147 Å². The lowest BCUT2D eigenvalue weighted by atomic mass is 10.2. The third kappa shape index (κ3) is 3.45. The fourth-order valence-corrected chi connectivity index (χ4v) is 2.94. The van der Waals surface area contributed by atoms with Crippen LogP contribution in [0.2, 0.25) is 0 Å². The third-order valence-corrected chi connectivity index (χ3v) is 4.14. The van der Waals surface area contributed by atoms with Gasteiger partial charge in [-0.3, -0.25) is 10.1 Å². The average Bonchev–Trinajstić information content (AvgIpc) is 3.00. The Morgan fingerprint density at radius 1 is 1.19 bits per heavy atom. The number of aromatic hydroxyl groups is 1. The molecule has 2 N–H and O–H groups in total. The standard InChI is InChI=1S/C16H9F3N2O4S/c17-8-5-10-14(13(19)12(8)18)21-16(26-10)20-11(23)6-25-15(24)7-3-1-2-4-9(7)22/h1-5,22H,6H2,(H,20,21,23). The zero-order valence-corrected chi connectivity index (χ0v) is 13.6. The molecule has 134 valence electrons. The van der Waals surface area contributed by atoms with E-state index in [0.29, 0.717) is 0 Å². The van der Waals surface area contributed by atoms with E-state index in [1.54, 1.807) is 0 Å².